The van der Waals surface area contributed by atoms with Gasteiger partial charge in [0.15, 0.2) is 5.84 Å². The van der Waals surface area contributed by atoms with Crippen molar-refractivity contribution in [2.45, 2.75) is 19.0 Å². The van der Waals surface area contributed by atoms with Crippen molar-refractivity contribution in [1.29, 1.82) is 0 Å². The first-order chi connectivity index (χ1) is 10.6. The minimum absolute atomic E-state index is 0.196. The number of nitrogens with zero attached hydrogens (tertiary/aromatic N) is 2. The van der Waals surface area contributed by atoms with Gasteiger partial charge in [0.1, 0.15) is 24.2 Å². The molecule has 0 aromatic heterocycles. The van der Waals surface area contributed by atoms with E-state index in [2.05, 4.69) is 21.2 Å². The second-order valence-corrected chi connectivity index (χ2v) is 5.64. The van der Waals surface area contributed by atoms with Gasteiger partial charge in [-0.2, -0.15) is 5.10 Å². The molecule has 0 bridgehead atoms. The predicted molar refractivity (Wildman–Crippen MR) is 79.7 cm³/mol. The fourth-order valence-electron chi connectivity index (χ4n) is 2.77. The summed E-state index contributed by atoms with van der Waals surface area (Å²) in [5.74, 6) is 0.483. The van der Waals surface area contributed by atoms with Crippen LogP contribution in [0.2, 0.25) is 0 Å². The number of amides is 1. The highest BCUT2D eigenvalue weighted by molar-refractivity contribution is 6.09. The third-order valence-electron chi connectivity index (χ3n) is 4.15. The summed E-state index contributed by atoms with van der Waals surface area (Å²) in [6.07, 6.45) is 0. The molecular formula is C14H16FN5O2. The molecule has 0 unspecified atom stereocenters. The molecule has 1 amide bonds. The Morgan fingerprint density at radius 3 is 3.00 bits per heavy atom. The highest BCUT2D eigenvalue weighted by Crippen LogP contribution is 2.38. The molecule has 3 aliphatic rings. The average Bonchev–Trinajstić information content (AvgIpc) is 2.46. The maximum atomic E-state index is 14.2. The van der Waals surface area contributed by atoms with Gasteiger partial charge in [0.2, 0.25) is 0 Å². The van der Waals surface area contributed by atoms with Crippen LogP contribution in [-0.4, -0.2) is 43.5 Å². The fourth-order valence-corrected chi connectivity index (χ4v) is 2.77. The number of carbonyl (C=O) groups is 1. The monoisotopic (exact) mass is 305 g/mol. The van der Waals surface area contributed by atoms with Crippen molar-refractivity contribution in [2.75, 3.05) is 29.9 Å². The van der Waals surface area contributed by atoms with E-state index in [1.54, 1.807) is 17.9 Å². The lowest BCUT2D eigenvalue weighted by Crippen LogP contribution is -2.55. The summed E-state index contributed by atoms with van der Waals surface area (Å²) in [5.41, 5.74) is 3.53. The Balaban J connectivity index is 1.74. The van der Waals surface area contributed by atoms with Crippen LogP contribution in [0.1, 0.15) is 6.92 Å². The minimum Gasteiger partial charge on any atom is -0.483 e. The molecule has 0 saturated carbocycles. The van der Waals surface area contributed by atoms with Crippen LogP contribution in [-0.2, 0) is 4.79 Å². The van der Waals surface area contributed by atoms with Gasteiger partial charge in [0.25, 0.3) is 5.91 Å². The summed E-state index contributed by atoms with van der Waals surface area (Å²) in [4.78, 5) is 13.6. The number of rotatable bonds is 2. The van der Waals surface area contributed by atoms with Crippen molar-refractivity contribution in [3.8, 4) is 5.75 Å². The number of benzene rings is 1. The molecule has 0 aliphatic carbocycles. The number of fused-ring (bicyclic) bond motifs is 3. The zero-order valence-corrected chi connectivity index (χ0v) is 12.0. The zero-order valence-electron chi connectivity index (χ0n) is 12.0. The Hall–Kier alpha value is -2.35. The molecule has 0 radical (unpaired) electrons. The van der Waals surface area contributed by atoms with E-state index in [1.165, 1.54) is 6.07 Å². The smallest absolute Gasteiger partial charge is 0.262 e. The zero-order chi connectivity index (χ0) is 15.3. The van der Waals surface area contributed by atoms with Gasteiger partial charge < -0.3 is 20.3 Å². The number of hydrogen-bond donors (Lipinski definition) is 3. The van der Waals surface area contributed by atoms with Crippen molar-refractivity contribution in [2.24, 2.45) is 5.10 Å². The van der Waals surface area contributed by atoms with Crippen molar-refractivity contribution in [1.82, 2.24) is 10.7 Å². The van der Waals surface area contributed by atoms with Crippen LogP contribution in [0.3, 0.4) is 0 Å². The van der Waals surface area contributed by atoms with Crippen LogP contribution in [0.5, 0.6) is 5.75 Å². The van der Waals surface area contributed by atoms with E-state index >= 15 is 0 Å². The maximum absolute atomic E-state index is 14.2. The number of nitrogens with one attached hydrogen (secondary N) is 3. The highest BCUT2D eigenvalue weighted by Gasteiger charge is 2.36. The van der Waals surface area contributed by atoms with E-state index in [4.69, 9.17) is 4.74 Å². The number of halogens is 1. The molecule has 7 nitrogen and oxygen atoms in total. The topological polar surface area (TPSA) is 78.0 Å². The number of carbonyl (C=O) groups excluding carboxylic acids is 1. The lowest BCUT2D eigenvalue weighted by molar-refractivity contribution is -0.122. The standard InChI is InChI=1S/C14H16FN5O2/c1-7-14(21)19-18-13-6-22-12-2-9(15)10(3-11(12)20(7)13)17-8-4-16-5-8/h2-3,7-8,16-17H,4-6H2,1H3,(H,19,21)/t7-/m0/s1. The first-order valence-electron chi connectivity index (χ1n) is 7.23. The second-order valence-electron chi connectivity index (χ2n) is 5.64. The molecule has 1 aromatic rings. The van der Waals surface area contributed by atoms with Gasteiger partial charge in [-0.15, -0.1) is 0 Å². The largest absolute Gasteiger partial charge is 0.483 e. The highest BCUT2D eigenvalue weighted by atomic mass is 19.1. The summed E-state index contributed by atoms with van der Waals surface area (Å²) in [7, 11) is 0. The second kappa shape index (κ2) is 4.84. The fraction of sp³-hybridized carbons (Fsp3) is 0.429. The molecular weight excluding hydrogens is 289 g/mol. The summed E-state index contributed by atoms with van der Waals surface area (Å²) in [5, 5.41) is 10.3. The van der Waals surface area contributed by atoms with Crippen molar-refractivity contribution in [3.05, 3.63) is 17.9 Å². The summed E-state index contributed by atoms with van der Waals surface area (Å²) in [6.45, 7) is 3.60. The summed E-state index contributed by atoms with van der Waals surface area (Å²) < 4.78 is 19.8. The van der Waals surface area contributed by atoms with Crippen molar-refractivity contribution < 1.29 is 13.9 Å². The van der Waals surface area contributed by atoms with Gasteiger partial charge in [-0.05, 0) is 13.0 Å². The minimum atomic E-state index is -0.418. The maximum Gasteiger partial charge on any atom is 0.262 e. The number of hydrogen-bond acceptors (Lipinski definition) is 6. The van der Waals surface area contributed by atoms with E-state index < -0.39 is 6.04 Å². The third kappa shape index (κ3) is 1.98. The molecule has 1 atom stereocenters. The van der Waals surface area contributed by atoms with Gasteiger partial charge in [-0.1, -0.05) is 0 Å². The van der Waals surface area contributed by atoms with E-state index in [1.807, 2.05) is 0 Å². The molecule has 3 aliphatic heterocycles. The first-order valence-corrected chi connectivity index (χ1v) is 7.23. The average molecular weight is 305 g/mol. The van der Waals surface area contributed by atoms with Gasteiger partial charge in [-0.25, -0.2) is 9.82 Å². The van der Waals surface area contributed by atoms with Crippen LogP contribution in [0.25, 0.3) is 0 Å². The van der Waals surface area contributed by atoms with Gasteiger partial charge >= 0.3 is 0 Å². The first kappa shape index (κ1) is 13.3. The summed E-state index contributed by atoms with van der Waals surface area (Å²) in [6, 6.07) is 2.85. The molecule has 3 heterocycles. The van der Waals surface area contributed by atoms with E-state index in [0.29, 0.717) is 23.0 Å². The van der Waals surface area contributed by atoms with Crippen LogP contribution >= 0.6 is 0 Å². The van der Waals surface area contributed by atoms with Gasteiger partial charge in [0, 0.05) is 19.2 Å². The van der Waals surface area contributed by atoms with Crippen LogP contribution in [0.15, 0.2) is 17.2 Å². The number of amidine groups is 1. The number of anilines is 2. The lowest BCUT2D eigenvalue weighted by Gasteiger charge is -2.38. The van der Waals surface area contributed by atoms with Gasteiger partial charge in [-0.3, -0.25) is 4.79 Å². The third-order valence-corrected chi connectivity index (χ3v) is 4.15. The van der Waals surface area contributed by atoms with E-state index in [9.17, 15) is 9.18 Å². The molecule has 0 spiro atoms. The van der Waals surface area contributed by atoms with E-state index in [0.717, 1.165) is 13.1 Å². The number of hydrazone groups is 1. The molecule has 1 aromatic carbocycles. The van der Waals surface area contributed by atoms with Crippen molar-refractivity contribution >= 4 is 23.1 Å². The SMILES string of the molecule is C[C@H]1C(=O)NN=C2COc3cc(F)c(NC4CNC4)cc3N21. The Morgan fingerprint density at radius 2 is 2.27 bits per heavy atom. The Labute approximate surface area is 126 Å². The predicted octanol–water partition coefficient (Wildman–Crippen LogP) is 0.240. The molecule has 116 valence electrons. The molecule has 4 rings (SSSR count). The molecule has 8 heteroatoms. The summed E-state index contributed by atoms with van der Waals surface area (Å²) >= 11 is 0. The lowest BCUT2D eigenvalue weighted by atomic mass is 10.1. The normalized spacial score (nSPS) is 23.5. The molecule has 3 N–H and O–H groups in total. The Morgan fingerprint density at radius 1 is 1.45 bits per heavy atom. The number of ether oxygens (including phenoxy) is 1. The molecule has 1 fully saturated rings. The Kier molecular flexibility index (Phi) is 2.93. The molecule has 22 heavy (non-hydrogen) atoms. The van der Waals surface area contributed by atoms with E-state index in [-0.39, 0.29) is 24.4 Å². The quantitative estimate of drug-likeness (QED) is 0.729. The van der Waals surface area contributed by atoms with Crippen LogP contribution in [0.4, 0.5) is 15.8 Å². The Bertz CT molecular complexity index is 673. The van der Waals surface area contributed by atoms with Crippen LogP contribution < -0.4 is 25.7 Å². The van der Waals surface area contributed by atoms with Crippen LogP contribution in [0, 0.1) is 5.82 Å². The van der Waals surface area contributed by atoms with Gasteiger partial charge in [0.05, 0.1) is 17.4 Å². The van der Waals surface area contributed by atoms with Crippen molar-refractivity contribution in [3.63, 3.8) is 0 Å². The molecule has 1 saturated heterocycles.